The summed E-state index contributed by atoms with van der Waals surface area (Å²) in [6.07, 6.45) is 2.02. The van der Waals surface area contributed by atoms with Gasteiger partial charge in [-0.1, -0.05) is 0 Å². The minimum atomic E-state index is -3.29. The van der Waals surface area contributed by atoms with Crippen LogP contribution in [0.4, 0.5) is 0 Å². The monoisotopic (exact) mass is 534 g/mol. The lowest BCUT2D eigenvalue weighted by Crippen LogP contribution is -2.54. The lowest BCUT2D eigenvalue weighted by Gasteiger charge is -2.35. The van der Waals surface area contributed by atoms with Crippen LogP contribution in [0, 0.1) is 0 Å². The third kappa shape index (κ3) is 10.2. The van der Waals surface area contributed by atoms with Gasteiger partial charge < -0.3 is 19.7 Å². The molecule has 11 heteroatoms. The lowest BCUT2D eigenvalue weighted by molar-refractivity contribution is -0.140. The van der Waals surface area contributed by atoms with E-state index in [9.17, 15) is 13.2 Å². The number of nitrogens with zero attached hydrogens (tertiary/aromatic N) is 3. The highest BCUT2D eigenvalue weighted by Gasteiger charge is 2.27. The predicted octanol–water partition coefficient (Wildman–Crippen LogP) is 0.896. The maximum absolute atomic E-state index is 12.4. The van der Waals surface area contributed by atoms with Gasteiger partial charge in [0.1, 0.15) is 0 Å². The van der Waals surface area contributed by atoms with Crippen molar-refractivity contribution in [2.45, 2.75) is 39.2 Å². The van der Waals surface area contributed by atoms with Gasteiger partial charge in [-0.05, 0) is 26.7 Å². The van der Waals surface area contributed by atoms with Crippen LogP contribution in [0.15, 0.2) is 4.99 Å². The lowest BCUT2D eigenvalue weighted by atomic mass is 10.2. The summed E-state index contributed by atoms with van der Waals surface area (Å²) >= 11 is 0. The van der Waals surface area contributed by atoms with Crippen molar-refractivity contribution in [3.63, 3.8) is 0 Å². The number of sulfonamides is 1. The van der Waals surface area contributed by atoms with E-state index in [1.54, 1.807) is 7.05 Å². The van der Waals surface area contributed by atoms with Crippen LogP contribution in [-0.4, -0.2) is 94.9 Å². The van der Waals surface area contributed by atoms with E-state index in [1.165, 1.54) is 11.4 Å². The van der Waals surface area contributed by atoms with E-state index >= 15 is 0 Å². The summed E-state index contributed by atoms with van der Waals surface area (Å²) < 4.78 is 36.3. The molecule has 0 aromatic rings. The second-order valence-corrected chi connectivity index (χ2v) is 8.72. The van der Waals surface area contributed by atoms with Crippen LogP contribution in [0.3, 0.4) is 0 Å². The van der Waals surface area contributed by atoms with E-state index in [-0.39, 0.29) is 48.4 Å². The average molecular weight is 534 g/mol. The largest absolute Gasteiger partial charge is 0.469 e. The van der Waals surface area contributed by atoms with Crippen LogP contribution in [0.2, 0.25) is 0 Å². The second kappa shape index (κ2) is 14.3. The van der Waals surface area contributed by atoms with Crippen LogP contribution in [0.25, 0.3) is 0 Å². The fourth-order valence-corrected chi connectivity index (χ4v) is 4.01. The molecular weight excluding hydrogens is 499 g/mol. The Morgan fingerprint density at radius 1 is 1.18 bits per heavy atom. The van der Waals surface area contributed by atoms with E-state index in [2.05, 4.69) is 19.9 Å². The molecule has 0 radical (unpaired) electrons. The third-order valence-corrected chi connectivity index (χ3v) is 6.09. The molecule has 0 amide bonds. The summed E-state index contributed by atoms with van der Waals surface area (Å²) in [5.74, 6) is 0.571. The first-order valence-corrected chi connectivity index (χ1v) is 11.0. The van der Waals surface area contributed by atoms with E-state index in [1.807, 2.05) is 13.8 Å². The minimum Gasteiger partial charge on any atom is -0.469 e. The van der Waals surface area contributed by atoms with Gasteiger partial charge in [-0.25, -0.2) is 8.42 Å². The molecule has 0 bridgehead atoms. The second-order valence-electron chi connectivity index (χ2n) is 6.63. The number of aliphatic imine (C=N–C) groups is 1. The van der Waals surface area contributed by atoms with Crippen LogP contribution in [0.5, 0.6) is 0 Å². The summed E-state index contributed by atoms with van der Waals surface area (Å²) in [5, 5.41) is 3.27. The molecule has 1 aliphatic heterocycles. The van der Waals surface area contributed by atoms with Crippen molar-refractivity contribution in [2.24, 2.45) is 4.99 Å². The van der Waals surface area contributed by atoms with Crippen molar-refractivity contribution in [3.8, 4) is 0 Å². The maximum Gasteiger partial charge on any atom is 0.305 e. The number of hydrogen-bond acceptors (Lipinski definition) is 6. The number of hydrogen-bond donors (Lipinski definition) is 1. The quantitative estimate of drug-likeness (QED) is 0.146. The van der Waals surface area contributed by atoms with Gasteiger partial charge in [-0.3, -0.25) is 9.79 Å². The maximum atomic E-state index is 12.4. The van der Waals surface area contributed by atoms with Gasteiger partial charge in [0.15, 0.2) is 5.96 Å². The fourth-order valence-electron chi connectivity index (χ4n) is 2.73. The molecule has 9 nitrogen and oxygen atoms in total. The number of nitrogens with one attached hydrogen (secondary N) is 1. The molecule has 0 saturated carbocycles. The number of methoxy groups -OCH3 is 1. The highest BCUT2D eigenvalue weighted by molar-refractivity contribution is 14.0. The van der Waals surface area contributed by atoms with Crippen molar-refractivity contribution < 1.29 is 22.7 Å². The molecular formula is C17H35IN4O5S. The van der Waals surface area contributed by atoms with Gasteiger partial charge in [0, 0.05) is 46.2 Å². The molecule has 0 unspecified atom stereocenters. The summed E-state index contributed by atoms with van der Waals surface area (Å²) in [5.41, 5.74) is 0. The molecule has 166 valence electrons. The highest BCUT2D eigenvalue weighted by Crippen LogP contribution is 2.09. The zero-order valence-corrected chi connectivity index (χ0v) is 20.5. The van der Waals surface area contributed by atoms with Crippen LogP contribution >= 0.6 is 24.0 Å². The molecule has 1 rings (SSSR count). The smallest absolute Gasteiger partial charge is 0.305 e. The van der Waals surface area contributed by atoms with E-state index in [4.69, 9.17) is 4.74 Å². The van der Waals surface area contributed by atoms with E-state index < -0.39 is 10.0 Å². The number of ether oxygens (including phenoxy) is 2. The Morgan fingerprint density at radius 2 is 1.82 bits per heavy atom. The Labute approximate surface area is 186 Å². The van der Waals surface area contributed by atoms with Gasteiger partial charge in [-0.2, -0.15) is 4.31 Å². The van der Waals surface area contributed by atoms with Crippen molar-refractivity contribution in [1.29, 1.82) is 0 Å². The molecule has 1 saturated heterocycles. The molecule has 1 aliphatic rings. The summed E-state index contributed by atoms with van der Waals surface area (Å²) in [6.45, 7) is 6.75. The number of halogens is 1. The number of carbonyl (C=O) groups excluding carboxylic acids is 1. The predicted molar refractivity (Wildman–Crippen MR) is 121 cm³/mol. The summed E-state index contributed by atoms with van der Waals surface area (Å²) in [7, 11) is -0.192. The Kier molecular flexibility index (Phi) is 14.0. The first-order valence-electron chi connectivity index (χ1n) is 9.42. The van der Waals surface area contributed by atoms with Gasteiger partial charge in [0.2, 0.25) is 10.0 Å². The Hall–Kier alpha value is -0.660. The van der Waals surface area contributed by atoms with Gasteiger partial charge >= 0.3 is 5.97 Å². The van der Waals surface area contributed by atoms with Crippen molar-refractivity contribution in [1.82, 2.24) is 14.5 Å². The summed E-state index contributed by atoms with van der Waals surface area (Å²) in [6, 6.07) is 0. The Balaban J connectivity index is 0.00000729. The molecule has 0 aromatic heterocycles. The number of carbonyl (C=O) groups is 1. The van der Waals surface area contributed by atoms with E-state index in [0.29, 0.717) is 39.1 Å². The van der Waals surface area contributed by atoms with Crippen molar-refractivity contribution in [3.05, 3.63) is 0 Å². The SMILES string of the molecule is CN=C(NCCCCC(=O)OC)N1CCN(S(=O)(=O)CCOC(C)C)CC1.I. The topological polar surface area (TPSA) is 101 Å². The molecule has 1 heterocycles. The summed E-state index contributed by atoms with van der Waals surface area (Å²) in [4.78, 5) is 17.4. The molecule has 0 spiro atoms. The van der Waals surface area contributed by atoms with Crippen LogP contribution in [-0.2, 0) is 24.3 Å². The Morgan fingerprint density at radius 3 is 2.36 bits per heavy atom. The standard InChI is InChI=1S/C17H34N4O5S.HI/c1-15(2)26-13-14-27(23,24)21-11-9-20(10-12-21)17(18-3)19-8-6-5-7-16(22)25-4;/h15H,5-14H2,1-4H3,(H,18,19);1H. The first kappa shape index (κ1) is 27.3. The van der Waals surface area contributed by atoms with E-state index in [0.717, 1.165) is 18.8 Å². The number of piperazine rings is 1. The minimum absolute atomic E-state index is 0. The number of esters is 1. The zero-order chi connectivity index (χ0) is 20.3. The molecule has 0 atom stereocenters. The molecule has 0 aromatic carbocycles. The van der Waals surface area contributed by atoms with Crippen LogP contribution < -0.4 is 5.32 Å². The Bertz CT molecular complexity index is 578. The van der Waals surface area contributed by atoms with Gasteiger partial charge in [0.05, 0.1) is 25.6 Å². The zero-order valence-electron chi connectivity index (χ0n) is 17.3. The van der Waals surface area contributed by atoms with Gasteiger partial charge in [-0.15, -0.1) is 24.0 Å². The molecule has 0 aliphatic carbocycles. The normalized spacial score (nSPS) is 16.0. The first-order chi connectivity index (χ1) is 12.8. The van der Waals surface area contributed by atoms with Crippen molar-refractivity contribution in [2.75, 3.05) is 59.2 Å². The van der Waals surface area contributed by atoms with Crippen LogP contribution in [0.1, 0.15) is 33.1 Å². The average Bonchev–Trinajstić information content (AvgIpc) is 2.64. The molecule has 1 N–H and O–H groups in total. The number of guanidine groups is 1. The van der Waals surface area contributed by atoms with Crippen molar-refractivity contribution >= 4 is 45.9 Å². The number of rotatable bonds is 10. The molecule has 1 fully saturated rings. The molecule has 28 heavy (non-hydrogen) atoms. The third-order valence-electron chi connectivity index (χ3n) is 4.25. The number of unbranched alkanes of at least 4 members (excludes halogenated alkanes) is 1. The van der Waals surface area contributed by atoms with Gasteiger partial charge in [0.25, 0.3) is 0 Å². The fraction of sp³-hybridized carbons (Fsp3) is 0.882. The highest BCUT2D eigenvalue weighted by atomic mass is 127.